The van der Waals surface area contributed by atoms with Crippen molar-refractivity contribution < 1.29 is 13.2 Å². The van der Waals surface area contributed by atoms with Gasteiger partial charge < -0.3 is 4.90 Å². The average Bonchev–Trinajstić information content (AvgIpc) is 3.15. The monoisotopic (exact) mass is 398 g/mol. The summed E-state index contributed by atoms with van der Waals surface area (Å²) < 4.78 is 27.4. The van der Waals surface area contributed by atoms with E-state index >= 15 is 0 Å². The zero-order valence-electron chi connectivity index (χ0n) is 15.3. The molecule has 2 aliphatic rings. The molecular formula is C19H27ClN2O3S. The van der Waals surface area contributed by atoms with Gasteiger partial charge in [-0.25, -0.2) is 8.42 Å². The lowest BCUT2D eigenvalue weighted by Gasteiger charge is -2.26. The van der Waals surface area contributed by atoms with Crippen LogP contribution in [0.2, 0.25) is 5.02 Å². The van der Waals surface area contributed by atoms with E-state index in [1.54, 1.807) is 18.0 Å². The van der Waals surface area contributed by atoms with Crippen LogP contribution in [0.4, 0.5) is 0 Å². The summed E-state index contributed by atoms with van der Waals surface area (Å²) in [4.78, 5) is 14.5. The molecule has 3 rings (SSSR count). The third kappa shape index (κ3) is 4.24. The molecule has 0 aromatic heterocycles. The third-order valence-corrected chi connectivity index (χ3v) is 7.84. The molecule has 1 saturated heterocycles. The molecule has 1 aromatic rings. The van der Waals surface area contributed by atoms with Gasteiger partial charge in [0.25, 0.3) is 5.91 Å². The molecule has 144 valence electrons. The standard InChI is InChI=1S/C19H27ClN2O3S/c1-21(14-15-7-3-4-8-15)19(23)16-9-10-17(20)18(13-16)26(24,25)22-11-5-2-6-12-22/h9-10,13,15H,2-8,11-12,14H2,1H3. The molecule has 0 bridgehead atoms. The first-order valence-electron chi connectivity index (χ1n) is 9.45. The van der Waals surface area contributed by atoms with Crippen molar-refractivity contribution in [1.82, 2.24) is 9.21 Å². The average molecular weight is 399 g/mol. The summed E-state index contributed by atoms with van der Waals surface area (Å²) in [7, 11) is -1.88. The van der Waals surface area contributed by atoms with Crippen molar-refractivity contribution in [2.45, 2.75) is 49.8 Å². The minimum absolute atomic E-state index is 0.0428. The van der Waals surface area contributed by atoms with E-state index in [1.807, 2.05) is 0 Å². The molecule has 1 aliphatic carbocycles. The van der Waals surface area contributed by atoms with Crippen LogP contribution in [0.15, 0.2) is 23.1 Å². The van der Waals surface area contributed by atoms with Gasteiger partial charge in [-0.15, -0.1) is 0 Å². The minimum Gasteiger partial charge on any atom is -0.341 e. The summed E-state index contributed by atoms with van der Waals surface area (Å²) in [5, 5.41) is 0.172. The van der Waals surface area contributed by atoms with Gasteiger partial charge in [-0.1, -0.05) is 30.9 Å². The van der Waals surface area contributed by atoms with Crippen molar-refractivity contribution in [3.8, 4) is 0 Å². The number of amides is 1. The molecule has 0 spiro atoms. The maximum atomic E-state index is 12.9. The Bertz CT molecular complexity index is 754. The Balaban J connectivity index is 1.81. The Morgan fingerprint density at radius 1 is 1.15 bits per heavy atom. The van der Waals surface area contributed by atoms with Crippen molar-refractivity contribution in [2.75, 3.05) is 26.7 Å². The topological polar surface area (TPSA) is 57.7 Å². The lowest BCUT2D eigenvalue weighted by atomic mass is 10.1. The van der Waals surface area contributed by atoms with Crippen LogP contribution in [-0.4, -0.2) is 50.2 Å². The van der Waals surface area contributed by atoms with Gasteiger partial charge in [0.15, 0.2) is 0 Å². The summed E-state index contributed by atoms with van der Waals surface area (Å²) in [6, 6.07) is 4.58. The van der Waals surface area contributed by atoms with Gasteiger partial charge in [-0.05, 0) is 49.8 Å². The number of carbonyl (C=O) groups is 1. The van der Waals surface area contributed by atoms with Gasteiger partial charge in [0, 0.05) is 32.2 Å². The molecule has 7 heteroatoms. The lowest BCUT2D eigenvalue weighted by Crippen LogP contribution is -2.36. The van der Waals surface area contributed by atoms with Crippen LogP contribution in [-0.2, 0) is 10.0 Å². The van der Waals surface area contributed by atoms with Crippen LogP contribution in [0.1, 0.15) is 55.3 Å². The fraction of sp³-hybridized carbons (Fsp3) is 0.632. The number of nitrogens with zero attached hydrogens (tertiary/aromatic N) is 2. The predicted octanol–water partition coefficient (Wildman–Crippen LogP) is 3.78. The van der Waals surface area contributed by atoms with E-state index in [1.165, 1.54) is 29.3 Å². The highest BCUT2D eigenvalue weighted by molar-refractivity contribution is 7.89. The van der Waals surface area contributed by atoms with E-state index in [9.17, 15) is 13.2 Å². The van der Waals surface area contributed by atoms with Crippen LogP contribution in [0.3, 0.4) is 0 Å². The van der Waals surface area contributed by atoms with Gasteiger partial charge in [0.1, 0.15) is 4.90 Å². The second-order valence-corrected chi connectivity index (χ2v) is 9.76. The molecule has 1 heterocycles. The van der Waals surface area contributed by atoms with E-state index in [4.69, 9.17) is 11.6 Å². The van der Waals surface area contributed by atoms with Gasteiger partial charge >= 0.3 is 0 Å². The van der Waals surface area contributed by atoms with Crippen LogP contribution in [0.5, 0.6) is 0 Å². The van der Waals surface area contributed by atoms with E-state index in [2.05, 4.69) is 0 Å². The molecule has 1 amide bonds. The summed E-state index contributed by atoms with van der Waals surface area (Å²) in [5.74, 6) is 0.400. The zero-order valence-corrected chi connectivity index (χ0v) is 16.9. The first kappa shape index (κ1) is 19.6. The number of benzene rings is 1. The minimum atomic E-state index is -3.67. The number of hydrogen-bond acceptors (Lipinski definition) is 3. The van der Waals surface area contributed by atoms with Crippen molar-refractivity contribution >= 4 is 27.5 Å². The number of sulfonamides is 1. The molecule has 2 fully saturated rings. The molecule has 0 unspecified atom stereocenters. The third-order valence-electron chi connectivity index (χ3n) is 5.46. The highest BCUT2D eigenvalue weighted by Crippen LogP contribution is 2.29. The van der Waals surface area contributed by atoms with Gasteiger partial charge in [0.05, 0.1) is 5.02 Å². The fourth-order valence-electron chi connectivity index (χ4n) is 3.96. The predicted molar refractivity (Wildman–Crippen MR) is 103 cm³/mol. The molecule has 0 radical (unpaired) electrons. The highest BCUT2D eigenvalue weighted by Gasteiger charge is 2.29. The SMILES string of the molecule is CN(CC1CCCC1)C(=O)c1ccc(Cl)c(S(=O)(=O)N2CCCCC2)c1. The van der Waals surface area contributed by atoms with E-state index in [0.29, 0.717) is 24.6 Å². The first-order chi connectivity index (χ1) is 12.4. The van der Waals surface area contributed by atoms with Crippen molar-refractivity contribution in [3.63, 3.8) is 0 Å². The van der Waals surface area contributed by atoms with Crippen molar-refractivity contribution in [2.24, 2.45) is 5.92 Å². The molecular weight excluding hydrogens is 372 g/mol. The summed E-state index contributed by atoms with van der Waals surface area (Å²) >= 11 is 6.19. The van der Waals surface area contributed by atoms with Gasteiger partial charge in [0.2, 0.25) is 10.0 Å². The number of piperidine rings is 1. The first-order valence-corrected chi connectivity index (χ1v) is 11.3. The largest absolute Gasteiger partial charge is 0.341 e. The Hall–Kier alpha value is -1.11. The van der Waals surface area contributed by atoms with Gasteiger partial charge in [-0.2, -0.15) is 4.31 Å². The van der Waals surface area contributed by atoms with Crippen LogP contribution in [0.25, 0.3) is 0 Å². The fourth-order valence-corrected chi connectivity index (χ4v) is 5.98. The molecule has 26 heavy (non-hydrogen) atoms. The van der Waals surface area contributed by atoms with E-state index < -0.39 is 10.0 Å². The molecule has 1 aromatic carbocycles. The Morgan fingerprint density at radius 3 is 2.46 bits per heavy atom. The summed E-state index contributed by atoms with van der Waals surface area (Å²) in [6.07, 6.45) is 7.54. The Labute approximate surface area is 161 Å². The Morgan fingerprint density at radius 2 is 1.81 bits per heavy atom. The normalized spacial score (nSPS) is 19.6. The smallest absolute Gasteiger partial charge is 0.253 e. The van der Waals surface area contributed by atoms with Crippen molar-refractivity contribution in [1.29, 1.82) is 0 Å². The Kier molecular flexibility index (Phi) is 6.25. The van der Waals surface area contributed by atoms with E-state index in [-0.39, 0.29) is 15.8 Å². The second kappa shape index (κ2) is 8.28. The van der Waals surface area contributed by atoms with Crippen LogP contribution in [0, 0.1) is 5.92 Å². The molecule has 0 atom stereocenters. The lowest BCUT2D eigenvalue weighted by molar-refractivity contribution is 0.0773. The highest BCUT2D eigenvalue weighted by atomic mass is 35.5. The maximum absolute atomic E-state index is 12.9. The number of rotatable bonds is 5. The molecule has 1 aliphatic heterocycles. The number of carbonyl (C=O) groups excluding carboxylic acids is 1. The zero-order chi connectivity index (χ0) is 18.7. The molecule has 1 saturated carbocycles. The summed E-state index contributed by atoms with van der Waals surface area (Å²) in [6.45, 7) is 1.74. The summed E-state index contributed by atoms with van der Waals surface area (Å²) in [5.41, 5.74) is 0.380. The maximum Gasteiger partial charge on any atom is 0.253 e. The molecule has 5 nitrogen and oxygen atoms in total. The van der Waals surface area contributed by atoms with Gasteiger partial charge in [-0.3, -0.25) is 4.79 Å². The van der Waals surface area contributed by atoms with Crippen molar-refractivity contribution in [3.05, 3.63) is 28.8 Å². The van der Waals surface area contributed by atoms with E-state index in [0.717, 1.165) is 38.6 Å². The van der Waals surface area contributed by atoms with Crippen LogP contribution < -0.4 is 0 Å². The van der Waals surface area contributed by atoms with Crippen LogP contribution >= 0.6 is 11.6 Å². The molecule has 0 N–H and O–H groups in total. The quantitative estimate of drug-likeness (QED) is 0.758. The number of hydrogen-bond donors (Lipinski definition) is 0. The number of halogens is 1. The second-order valence-electron chi connectivity index (χ2n) is 7.45.